The van der Waals surface area contributed by atoms with Gasteiger partial charge in [0.15, 0.2) is 5.69 Å². The molecule has 4 N–H and O–H groups in total. The van der Waals surface area contributed by atoms with E-state index in [2.05, 4.69) is 10.4 Å². The van der Waals surface area contributed by atoms with Crippen LogP contribution in [0.4, 0.5) is 4.39 Å². The molecule has 8 nitrogen and oxygen atoms in total. The van der Waals surface area contributed by atoms with E-state index in [-0.39, 0.29) is 54.9 Å². The van der Waals surface area contributed by atoms with Crippen molar-refractivity contribution in [3.63, 3.8) is 0 Å². The number of nitrogens with zero attached hydrogens (tertiary/aromatic N) is 2. The van der Waals surface area contributed by atoms with Crippen LogP contribution in [0.15, 0.2) is 54.6 Å². The number of carbonyl (C=O) groups is 2. The summed E-state index contributed by atoms with van der Waals surface area (Å²) in [5, 5.41) is 36.6. The molecule has 1 heterocycles. The van der Waals surface area contributed by atoms with Gasteiger partial charge in [0.1, 0.15) is 5.82 Å². The van der Waals surface area contributed by atoms with Crippen molar-refractivity contribution in [2.75, 3.05) is 0 Å². The summed E-state index contributed by atoms with van der Waals surface area (Å²) in [4.78, 5) is 24.1. The van der Waals surface area contributed by atoms with Gasteiger partial charge >= 0.3 is 35.5 Å². The van der Waals surface area contributed by atoms with E-state index in [0.29, 0.717) is 23.5 Å². The summed E-state index contributed by atoms with van der Waals surface area (Å²) >= 11 is 0. The molecule has 0 bridgehead atoms. The fourth-order valence-electron chi connectivity index (χ4n) is 4.03. The van der Waals surface area contributed by atoms with E-state index in [0.717, 1.165) is 11.1 Å². The summed E-state index contributed by atoms with van der Waals surface area (Å²) in [5.41, 5.74) is 3.87. The molecule has 0 fully saturated rings. The first-order valence-electron chi connectivity index (χ1n) is 12.0. The second-order valence-electron chi connectivity index (χ2n) is 9.21. The van der Waals surface area contributed by atoms with Crippen LogP contribution in [0.2, 0.25) is 0 Å². The number of aliphatic hydroxyl groups is 2. The SMILES string of the molecule is Cc1ccccc1CNC(=O)c1nn(-c2ccc(F)cc2)c(C=C[C@H](O)C[C@@H](O)CC(=O)O)c1C(C)C.[H-].[Na+]. The van der Waals surface area contributed by atoms with Gasteiger partial charge in [-0.1, -0.05) is 44.2 Å². The molecule has 38 heavy (non-hydrogen) atoms. The summed E-state index contributed by atoms with van der Waals surface area (Å²) in [6, 6.07) is 13.4. The fraction of sp³-hybridized carbons (Fsp3) is 0.321. The van der Waals surface area contributed by atoms with Gasteiger partial charge in [0, 0.05) is 18.5 Å². The standard InChI is InChI=1S/C28H32FN3O5.Na.H/c1-17(2)26-24(13-12-22(33)14-23(34)15-25(35)36)32(21-10-8-20(29)9-11-21)31-27(26)28(37)30-16-19-7-5-4-6-18(19)3;;/h4-13,17,22-23,33-34H,14-16H2,1-3H3,(H,30,37)(H,35,36);;/q;+1;-1/t22-,23+;;/m0../s1. The number of aliphatic hydroxyl groups excluding tert-OH is 2. The van der Waals surface area contributed by atoms with Crippen molar-refractivity contribution >= 4 is 18.0 Å². The maximum absolute atomic E-state index is 13.6. The van der Waals surface area contributed by atoms with Crippen LogP contribution in [-0.2, 0) is 11.3 Å². The van der Waals surface area contributed by atoms with Gasteiger partial charge < -0.3 is 22.1 Å². The van der Waals surface area contributed by atoms with Crippen molar-refractivity contribution in [1.82, 2.24) is 15.1 Å². The number of carboxylic acid groups (broad SMARTS) is 1. The number of benzene rings is 2. The molecule has 0 aliphatic heterocycles. The van der Waals surface area contributed by atoms with E-state index >= 15 is 0 Å². The number of aromatic nitrogens is 2. The molecule has 0 aliphatic carbocycles. The third-order valence-electron chi connectivity index (χ3n) is 5.92. The Morgan fingerprint density at radius 1 is 1.13 bits per heavy atom. The first-order valence-corrected chi connectivity index (χ1v) is 12.0. The fourth-order valence-corrected chi connectivity index (χ4v) is 4.03. The molecule has 0 saturated carbocycles. The number of carbonyl (C=O) groups excluding carboxylic acids is 1. The number of amides is 1. The molecule has 0 saturated heterocycles. The van der Waals surface area contributed by atoms with Crippen molar-refractivity contribution in [3.8, 4) is 5.69 Å². The monoisotopic (exact) mass is 533 g/mol. The van der Waals surface area contributed by atoms with Crippen LogP contribution in [0.25, 0.3) is 11.8 Å². The zero-order valence-corrected chi connectivity index (χ0v) is 24.1. The molecule has 0 spiro atoms. The summed E-state index contributed by atoms with van der Waals surface area (Å²) < 4.78 is 15.1. The van der Waals surface area contributed by atoms with Crippen LogP contribution < -0.4 is 34.9 Å². The molecule has 198 valence electrons. The minimum absolute atomic E-state index is 0. The number of hydrogen-bond acceptors (Lipinski definition) is 5. The average Bonchev–Trinajstić information content (AvgIpc) is 3.22. The summed E-state index contributed by atoms with van der Waals surface area (Å²) in [5.74, 6) is -2.10. The Bertz CT molecular complexity index is 1280. The molecule has 2 atom stereocenters. The molecule has 2 aromatic carbocycles. The first kappa shape index (κ1) is 31.4. The van der Waals surface area contributed by atoms with Crippen molar-refractivity contribution in [3.05, 3.63) is 88.5 Å². The predicted octanol–water partition coefficient (Wildman–Crippen LogP) is 1.09. The first-order chi connectivity index (χ1) is 17.6. The molecule has 0 unspecified atom stereocenters. The van der Waals surface area contributed by atoms with E-state index < -0.39 is 30.4 Å². The number of aliphatic carboxylic acids is 1. The maximum Gasteiger partial charge on any atom is 1.00 e. The van der Waals surface area contributed by atoms with Crippen LogP contribution in [0.1, 0.15) is 66.9 Å². The van der Waals surface area contributed by atoms with Crippen molar-refractivity contribution in [1.29, 1.82) is 0 Å². The number of carboxylic acids is 1. The van der Waals surface area contributed by atoms with E-state index in [4.69, 9.17) is 5.11 Å². The molecule has 10 heteroatoms. The maximum atomic E-state index is 13.6. The Hall–Kier alpha value is -2.82. The Labute approximate surface area is 245 Å². The minimum atomic E-state index is -1.22. The summed E-state index contributed by atoms with van der Waals surface area (Å²) in [6.07, 6.45) is -0.00381. The molecule has 1 aromatic heterocycles. The average molecular weight is 534 g/mol. The van der Waals surface area contributed by atoms with Gasteiger partial charge in [-0.15, -0.1) is 0 Å². The van der Waals surface area contributed by atoms with Gasteiger partial charge in [0.25, 0.3) is 5.91 Å². The van der Waals surface area contributed by atoms with Gasteiger partial charge in [-0.25, -0.2) is 9.07 Å². The smallest absolute Gasteiger partial charge is 1.00 e. The van der Waals surface area contributed by atoms with Crippen LogP contribution in [-0.4, -0.2) is 49.2 Å². The van der Waals surface area contributed by atoms with Crippen LogP contribution in [0.5, 0.6) is 0 Å². The van der Waals surface area contributed by atoms with Crippen LogP contribution >= 0.6 is 0 Å². The second kappa shape index (κ2) is 14.4. The van der Waals surface area contributed by atoms with Crippen LogP contribution in [0, 0.1) is 12.7 Å². The largest absolute Gasteiger partial charge is 1.00 e. The third kappa shape index (κ3) is 8.34. The molecule has 3 rings (SSSR count). The number of nitrogens with one attached hydrogen (secondary N) is 1. The number of aryl methyl sites for hydroxylation is 1. The molecule has 3 aromatic rings. The van der Waals surface area contributed by atoms with Gasteiger partial charge in [0.05, 0.1) is 30.0 Å². The van der Waals surface area contributed by atoms with Crippen molar-refractivity contribution in [2.45, 2.75) is 58.3 Å². The molecule has 0 aliphatic rings. The minimum Gasteiger partial charge on any atom is -1.00 e. The topological polar surface area (TPSA) is 125 Å². The Morgan fingerprint density at radius 2 is 1.79 bits per heavy atom. The normalized spacial score (nSPS) is 12.8. The van der Waals surface area contributed by atoms with Gasteiger partial charge in [-0.3, -0.25) is 9.59 Å². The third-order valence-corrected chi connectivity index (χ3v) is 5.92. The zero-order chi connectivity index (χ0) is 27.1. The van der Waals surface area contributed by atoms with E-state index in [1.165, 1.54) is 35.0 Å². The van der Waals surface area contributed by atoms with Gasteiger partial charge in [-0.2, -0.15) is 5.10 Å². The summed E-state index contributed by atoms with van der Waals surface area (Å²) in [6.45, 7) is 6.10. The Morgan fingerprint density at radius 3 is 2.39 bits per heavy atom. The summed E-state index contributed by atoms with van der Waals surface area (Å²) in [7, 11) is 0. The van der Waals surface area contributed by atoms with Gasteiger partial charge in [0.2, 0.25) is 0 Å². The Balaban J connectivity index is 0.00000380. The second-order valence-corrected chi connectivity index (χ2v) is 9.21. The van der Waals surface area contributed by atoms with Crippen LogP contribution in [0.3, 0.4) is 0 Å². The quantitative estimate of drug-likeness (QED) is 0.274. The van der Waals surface area contributed by atoms with Crippen molar-refractivity contribution < 1.29 is 60.3 Å². The number of rotatable bonds is 11. The molecular formula is C28H33FN3NaO5. The molecule has 0 radical (unpaired) electrons. The number of halogens is 1. The van der Waals surface area contributed by atoms with E-state index in [1.807, 2.05) is 45.0 Å². The van der Waals surface area contributed by atoms with E-state index in [9.17, 15) is 24.2 Å². The zero-order valence-electron chi connectivity index (χ0n) is 23.1. The Kier molecular flexibility index (Phi) is 11.9. The van der Waals surface area contributed by atoms with Crippen molar-refractivity contribution in [2.24, 2.45) is 0 Å². The number of hydrogen-bond donors (Lipinski definition) is 4. The van der Waals surface area contributed by atoms with Gasteiger partial charge in [-0.05, 0) is 54.3 Å². The van der Waals surface area contributed by atoms with E-state index in [1.54, 1.807) is 6.08 Å². The predicted molar refractivity (Wildman–Crippen MR) is 139 cm³/mol. The molecule has 1 amide bonds. The molecular weight excluding hydrogens is 500 g/mol.